The second-order valence-electron chi connectivity index (χ2n) is 12.2. The summed E-state index contributed by atoms with van der Waals surface area (Å²) >= 11 is 0. The van der Waals surface area contributed by atoms with E-state index < -0.39 is 49.8 Å². The van der Waals surface area contributed by atoms with Gasteiger partial charge >= 0.3 is 11.9 Å². The van der Waals surface area contributed by atoms with Crippen LogP contribution in [-0.4, -0.2) is 48.5 Å². The molecule has 1 unspecified atom stereocenters. The Morgan fingerprint density at radius 3 is 1.97 bits per heavy atom. The smallest absolute Gasteiger partial charge is 0.329 e. The van der Waals surface area contributed by atoms with Gasteiger partial charge in [-0.05, 0) is 77.4 Å². The van der Waals surface area contributed by atoms with Crippen LogP contribution in [0, 0.1) is 0 Å². The lowest BCUT2D eigenvalue weighted by Gasteiger charge is -2.36. The van der Waals surface area contributed by atoms with Gasteiger partial charge in [-0.3, -0.25) is 9.59 Å². The number of esters is 2. The number of rotatable bonds is 8. The van der Waals surface area contributed by atoms with E-state index >= 15 is 0 Å². The van der Waals surface area contributed by atoms with Crippen LogP contribution in [0.3, 0.4) is 0 Å². The minimum atomic E-state index is -2.11. The third-order valence-corrected chi connectivity index (χ3v) is 10.00. The number of benzene rings is 1. The molecule has 0 saturated heterocycles. The van der Waals surface area contributed by atoms with Crippen molar-refractivity contribution in [2.45, 2.75) is 111 Å². The Kier molecular flexibility index (Phi) is 9.73. The number of hydrogen-bond donors (Lipinski definition) is 2. The Morgan fingerprint density at radius 2 is 1.49 bits per heavy atom. The summed E-state index contributed by atoms with van der Waals surface area (Å²) in [5, 5.41) is 12.6. The van der Waals surface area contributed by atoms with Crippen molar-refractivity contribution in [3.05, 3.63) is 29.3 Å². The van der Waals surface area contributed by atoms with Crippen molar-refractivity contribution < 1.29 is 33.4 Å². The molecule has 9 heteroatoms. The average Bonchev–Trinajstić information content (AvgIpc) is 2.62. The van der Waals surface area contributed by atoms with Gasteiger partial charge < -0.3 is 24.3 Å². The molecule has 0 radical (unpaired) electrons. The van der Waals surface area contributed by atoms with E-state index in [1.165, 1.54) is 12.1 Å². The zero-order valence-electron chi connectivity index (χ0n) is 23.1. The monoisotopic (exact) mass is 509 g/mol. The van der Waals surface area contributed by atoms with Gasteiger partial charge in [-0.15, -0.1) is 0 Å². The van der Waals surface area contributed by atoms with Crippen molar-refractivity contribution >= 4 is 26.2 Å². The fourth-order valence-electron chi connectivity index (χ4n) is 2.73. The minimum absolute atomic E-state index is 0.0262. The standard InChI is InChI=1S/C26H43NO7Si/c1-24(2,3)33-21(29)15-20(23(31)34-25(4,5)6)27-22(30)19-14-18(28)13-12-17(19)16-32-35(10,11)26(7,8)9/h12-14,20,28H,15-16H2,1-11H3,(H,27,30). The van der Waals surface area contributed by atoms with Gasteiger partial charge in [0.1, 0.15) is 23.0 Å². The number of amides is 1. The van der Waals surface area contributed by atoms with Gasteiger partial charge in [0, 0.05) is 5.56 Å². The van der Waals surface area contributed by atoms with E-state index in [2.05, 4.69) is 39.2 Å². The molecule has 0 aliphatic heterocycles. The molecule has 1 amide bonds. The second kappa shape index (κ2) is 11.1. The Hall–Kier alpha value is -2.39. The molecule has 0 aromatic heterocycles. The molecule has 1 aromatic carbocycles. The molecule has 198 valence electrons. The van der Waals surface area contributed by atoms with Crippen molar-refractivity contribution in [3.63, 3.8) is 0 Å². The van der Waals surface area contributed by atoms with E-state index in [0.717, 1.165) is 0 Å². The molecule has 0 aliphatic rings. The molecule has 1 rings (SSSR count). The van der Waals surface area contributed by atoms with E-state index in [1.807, 2.05) is 0 Å². The molecular formula is C26H43NO7Si. The minimum Gasteiger partial charge on any atom is -0.508 e. The van der Waals surface area contributed by atoms with E-state index in [4.69, 9.17) is 13.9 Å². The summed E-state index contributed by atoms with van der Waals surface area (Å²) in [4.78, 5) is 38.5. The summed E-state index contributed by atoms with van der Waals surface area (Å²) in [5.41, 5.74) is -0.855. The van der Waals surface area contributed by atoms with Crippen LogP contribution < -0.4 is 5.32 Å². The molecule has 35 heavy (non-hydrogen) atoms. The first kappa shape index (κ1) is 30.6. The van der Waals surface area contributed by atoms with Gasteiger partial charge in [-0.1, -0.05) is 26.8 Å². The van der Waals surface area contributed by atoms with Crippen LogP contribution in [0.1, 0.15) is 84.7 Å². The SMILES string of the molecule is CC(C)(C)OC(=O)CC(NC(=O)c1cc(O)ccc1CO[Si](C)(C)C(C)(C)C)C(=O)OC(C)(C)C. The summed E-state index contributed by atoms with van der Waals surface area (Å²) in [7, 11) is -2.11. The van der Waals surface area contributed by atoms with E-state index in [-0.39, 0.29) is 23.0 Å². The fraction of sp³-hybridized carbons (Fsp3) is 0.654. The molecule has 0 fully saturated rings. The summed E-state index contributed by atoms with van der Waals surface area (Å²) < 4.78 is 17.0. The first-order valence-electron chi connectivity index (χ1n) is 11.8. The molecule has 2 N–H and O–H groups in total. The van der Waals surface area contributed by atoms with Crippen LogP contribution in [0.15, 0.2) is 18.2 Å². The normalized spacial score (nSPS) is 13.7. The van der Waals surface area contributed by atoms with Crippen LogP contribution in [0.25, 0.3) is 0 Å². The van der Waals surface area contributed by atoms with Crippen LogP contribution in [0.4, 0.5) is 0 Å². The van der Waals surface area contributed by atoms with Crippen LogP contribution in [0.2, 0.25) is 18.1 Å². The van der Waals surface area contributed by atoms with Crippen LogP contribution in [-0.2, 0) is 30.1 Å². The highest BCUT2D eigenvalue weighted by atomic mass is 28.4. The Balaban J connectivity index is 3.21. The molecule has 0 spiro atoms. The van der Waals surface area contributed by atoms with Gasteiger partial charge in [0.2, 0.25) is 0 Å². The van der Waals surface area contributed by atoms with Gasteiger partial charge in [-0.25, -0.2) is 4.79 Å². The average molecular weight is 510 g/mol. The molecule has 0 heterocycles. The molecule has 1 aromatic rings. The summed E-state index contributed by atoms with van der Waals surface area (Å²) in [6.45, 7) is 21.0. The second-order valence-corrected chi connectivity index (χ2v) is 17.0. The zero-order chi connectivity index (χ0) is 27.4. The third kappa shape index (κ3) is 10.4. The Morgan fingerprint density at radius 1 is 0.943 bits per heavy atom. The van der Waals surface area contributed by atoms with Gasteiger partial charge in [-0.2, -0.15) is 0 Å². The fourth-order valence-corrected chi connectivity index (χ4v) is 3.68. The number of ether oxygens (including phenoxy) is 2. The van der Waals surface area contributed by atoms with Crippen LogP contribution in [0.5, 0.6) is 5.75 Å². The van der Waals surface area contributed by atoms with Gasteiger partial charge in [0.15, 0.2) is 8.32 Å². The van der Waals surface area contributed by atoms with Crippen molar-refractivity contribution in [1.29, 1.82) is 0 Å². The maximum Gasteiger partial charge on any atom is 0.329 e. The number of hydrogen-bond acceptors (Lipinski definition) is 7. The summed E-state index contributed by atoms with van der Waals surface area (Å²) in [6.07, 6.45) is -0.396. The van der Waals surface area contributed by atoms with E-state index in [9.17, 15) is 19.5 Å². The van der Waals surface area contributed by atoms with Crippen molar-refractivity contribution in [3.8, 4) is 5.75 Å². The highest BCUT2D eigenvalue weighted by Crippen LogP contribution is 2.37. The maximum atomic E-state index is 13.3. The Bertz CT molecular complexity index is 921. The summed E-state index contributed by atoms with van der Waals surface area (Å²) in [6, 6.07) is 3.15. The third-order valence-electron chi connectivity index (χ3n) is 5.52. The Labute approximate surface area is 210 Å². The molecule has 0 bridgehead atoms. The number of carbonyl (C=O) groups excluding carboxylic acids is 3. The van der Waals surface area contributed by atoms with Crippen molar-refractivity contribution in [2.75, 3.05) is 0 Å². The first-order chi connectivity index (χ1) is 15.6. The lowest BCUT2D eigenvalue weighted by molar-refractivity contribution is -0.164. The number of carbonyl (C=O) groups is 3. The molecule has 1 atom stereocenters. The molecular weight excluding hydrogens is 466 g/mol. The molecule has 0 saturated carbocycles. The molecule has 0 aliphatic carbocycles. The highest BCUT2D eigenvalue weighted by molar-refractivity contribution is 6.74. The first-order valence-corrected chi connectivity index (χ1v) is 14.7. The maximum absolute atomic E-state index is 13.3. The largest absolute Gasteiger partial charge is 0.508 e. The van der Waals surface area contributed by atoms with Crippen LogP contribution >= 0.6 is 0 Å². The van der Waals surface area contributed by atoms with E-state index in [1.54, 1.807) is 47.6 Å². The predicted octanol–water partition coefficient (Wildman–Crippen LogP) is 5.09. The van der Waals surface area contributed by atoms with Gasteiger partial charge in [0.25, 0.3) is 5.91 Å². The highest BCUT2D eigenvalue weighted by Gasteiger charge is 2.37. The lowest BCUT2D eigenvalue weighted by Crippen LogP contribution is -2.46. The lowest BCUT2D eigenvalue weighted by atomic mass is 10.1. The predicted molar refractivity (Wildman–Crippen MR) is 138 cm³/mol. The number of aromatic hydroxyl groups is 1. The topological polar surface area (TPSA) is 111 Å². The van der Waals surface area contributed by atoms with E-state index in [0.29, 0.717) is 5.56 Å². The number of phenols is 1. The number of phenolic OH excluding ortho intramolecular Hbond substituents is 1. The number of nitrogens with one attached hydrogen (secondary N) is 1. The van der Waals surface area contributed by atoms with Crippen molar-refractivity contribution in [1.82, 2.24) is 5.32 Å². The molecule has 8 nitrogen and oxygen atoms in total. The van der Waals surface area contributed by atoms with Gasteiger partial charge in [0.05, 0.1) is 13.0 Å². The van der Waals surface area contributed by atoms with Crippen molar-refractivity contribution in [2.24, 2.45) is 0 Å². The quantitative estimate of drug-likeness (QED) is 0.371. The summed E-state index contributed by atoms with van der Waals surface area (Å²) in [5.74, 6) is -2.14. The zero-order valence-corrected chi connectivity index (χ0v) is 24.1.